The van der Waals surface area contributed by atoms with Crippen LogP contribution in [0.1, 0.15) is 5.56 Å². The normalized spacial score (nSPS) is 30.2. The second-order valence-corrected chi connectivity index (χ2v) is 5.36. The van der Waals surface area contributed by atoms with Gasteiger partial charge in [0.05, 0.1) is 27.4 Å². The van der Waals surface area contributed by atoms with Gasteiger partial charge in [-0.25, -0.2) is 0 Å². The summed E-state index contributed by atoms with van der Waals surface area (Å²) in [5, 5.41) is 48.4. The third kappa shape index (κ3) is 3.72. The Kier molecular flexibility index (Phi) is 6.21. The van der Waals surface area contributed by atoms with Gasteiger partial charge in [0.15, 0.2) is 17.8 Å². The van der Waals surface area contributed by atoms with Gasteiger partial charge in [0.2, 0.25) is 5.75 Å². The zero-order valence-corrected chi connectivity index (χ0v) is 13.3. The highest BCUT2D eigenvalue weighted by Gasteiger charge is 2.44. The van der Waals surface area contributed by atoms with E-state index in [1.165, 1.54) is 26.4 Å². The fourth-order valence-corrected chi connectivity index (χ4v) is 2.41. The molecule has 1 aromatic carbocycles. The predicted molar refractivity (Wildman–Crippen MR) is 79.8 cm³/mol. The van der Waals surface area contributed by atoms with E-state index >= 15 is 0 Å². The SMILES string of the molecule is COc1cc(CO[C@H]2O[C@@H](CO)[C@@H](O)[C@@H](O)[C@@H]2O)cc(OC)c1O. The number of aromatic hydroxyl groups is 1. The largest absolute Gasteiger partial charge is 0.502 e. The maximum absolute atomic E-state index is 9.91. The number of benzene rings is 1. The van der Waals surface area contributed by atoms with Crippen LogP contribution in [0.2, 0.25) is 0 Å². The standard InChI is InChI=1S/C15H22O9/c1-21-8-3-7(4-9(22-2)11(8)17)6-23-15-14(20)13(19)12(18)10(5-16)24-15/h3-4,10,12-20H,5-6H2,1-2H3/t10-,12+,13+,14-,15-/m0/s1. The van der Waals surface area contributed by atoms with Crippen LogP contribution in [0.4, 0.5) is 0 Å². The van der Waals surface area contributed by atoms with Crippen molar-refractivity contribution in [2.75, 3.05) is 20.8 Å². The number of aliphatic hydroxyl groups is 4. The lowest BCUT2D eigenvalue weighted by molar-refractivity contribution is -0.304. The minimum atomic E-state index is -1.51. The Bertz CT molecular complexity index is 523. The minimum Gasteiger partial charge on any atom is -0.502 e. The van der Waals surface area contributed by atoms with Gasteiger partial charge in [-0.2, -0.15) is 0 Å². The van der Waals surface area contributed by atoms with Crippen molar-refractivity contribution in [2.45, 2.75) is 37.3 Å². The number of ether oxygens (including phenoxy) is 4. The summed E-state index contributed by atoms with van der Waals surface area (Å²) in [5.74, 6) is 0.208. The number of hydrogen-bond acceptors (Lipinski definition) is 9. The van der Waals surface area contributed by atoms with Gasteiger partial charge in [-0.15, -0.1) is 0 Å². The van der Waals surface area contributed by atoms with Gasteiger partial charge >= 0.3 is 0 Å². The maximum Gasteiger partial charge on any atom is 0.200 e. The quantitative estimate of drug-likeness (QED) is 0.426. The van der Waals surface area contributed by atoms with Gasteiger partial charge in [-0.3, -0.25) is 0 Å². The molecule has 5 atom stereocenters. The molecule has 0 spiro atoms. The van der Waals surface area contributed by atoms with Crippen molar-refractivity contribution >= 4 is 0 Å². The highest BCUT2D eigenvalue weighted by atomic mass is 16.7. The van der Waals surface area contributed by atoms with Gasteiger partial charge in [0.1, 0.15) is 24.4 Å². The number of aliphatic hydroxyl groups excluding tert-OH is 4. The molecule has 0 amide bonds. The minimum absolute atomic E-state index is 0.0598. The number of phenols is 1. The highest BCUT2D eigenvalue weighted by Crippen LogP contribution is 2.37. The molecule has 0 bridgehead atoms. The summed E-state index contributed by atoms with van der Waals surface area (Å²) in [6, 6.07) is 3.03. The average Bonchev–Trinajstić information content (AvgIpc) is 2.60. The van der Waals surface area contributed by atoms with Crippen LogP contribution < -0.4 is 9.47 Å². The Balaban J connectivity index is 2.09. The molecule has 1 saturated heterocycles. The first-order valence-corrected chi connectivity index (χ1v) is 7.28. The number of hydrogen-bond donors (Lipinski definition) is 5. The zero-order valence-electron chi connectivity index (χ0n) is 13.3. The van der Waals surface area contributed by atoms with E-state index in [0.29, 0.717) is 5.56 Å². The van der Waals surface area contributed by atoms with Crippen LogP contribution in [0.25, 0.3) is 0 Å². The van der Waals surface area contributed by atoms with Crippen LogP contribution in [0.15, 0.2) is 12.1 Å². The monoisotopic (exact) mass is 346 g/mol. The van der Waals surface area contributed by atoms with E-state index in [0.717, 1.165) is 0 Å². The topological polar surface area (TPSA) is 138 Å². The van der Waals surface area contributed by atoms with E-state index in [1.54, 1.807) is 0 Å². The Morgan fingerprint density at radius 3 is 2.08 bits per heavy atom. The van der Waals surface area contributed by atoms with Crippen LogP contribution in [0.5, 0.6) is 17.2 Å². The fraction of sp³-hybridized carbons (Fsp3) is 0.600. The molecule has 9 nitrogen and oxygen atoms in total. The van der Waals surface area contributed by atoms with Crippen LogP contribution >= 0.6 is 0 Å². The van der Waals surface area contributed by atoms with E-state index in [4.69, 9.17) is 24.1 Å². The second kappa shape index (κ2) is 7.97. The Morgan fingerprint density at radius 1 is 1.00 bits per heavy atom. The van der Waals surface area contributed by atoms with Crippen molar-refractivity contribution in [3.63, 3.8) is 0 Å². The molecule has 0 aliphatic carbocycles. The van der Waals surface area contributed by atoms with Gasteiger partial charge < -0.3 is 44.5 Å². The fourth-order valence-electron chi connectivity index (χ4n) is 2.41. The molecule has 136 valence electrons. The first-order chi connectivity index (χ1) is 11.4. The Labute approximate surface area is 138 Å². The van der Waals surface area contributed by atoms with Gasteiger partial charge in [-0.1, -0.05) is 0 Å². The molecule has 0 unspecified atom stereocenters. The van der Waals surface area contributed by atoms with Crippen LogP contribution in [-0.2, 0) is 16.1 Å². The summed E-state index contributed by atoms with van der Waals surface area (Å²) >= 11 is 0. The summed E-state index contributed by atoms with van der Waals surface area (Å²) < 4.78 is 20.7. The summed E-state index contributed by atoms with van der Waals surface area (Å²) in [5.41, 5.74) is 0.554. The Morgan fingerprint density at radius 2 is 1.58 bits per heavy atom. The van der Waals surface area contributed by atoms with Crippen molar-refractivity contribution < 1.29 is 44.5 Å². The van der Waals surface area contributed by atoms with Gasteiger partial charge in [-0.05, 0) is 17.7 Å². The molecule has 1 aliphatic heterocycles. The maximum atomic E-state index is 9.91. The van der Waals surface area contributed by atoms with Crippen LogP contribution in [0.3, 0.4) is 0 Å². The molecule has 1 fully saturated rings. The summed E-state index contributed by atoms with van der Waals surface area (Å²) in [7, 11) is 2.77. The molecule has 1 aliphatic rings. The van der Waals surface area contributed by atoms with Crippen molar-refractivity contribution in [1.29, 1.82) is 0 Å². The van der Waals surface area contributed by atoms with Crippen molar-refractivity contribution in [3.05, 3.63) is 17.7 Å². The number of methoxy groups -OCH3 is 2. The molecule has 24 heavy (non-hydrogen) atoms. The molecule has 2 rings (SSSR count). The summed E-state index contributed by atoms with van der Waals surface area (Å²) in [6.07, 6.45) is -6.73. The van der Waals surface area contributed by atoms with Crippen LogP contribution in [-0.4, -0.2) is 77.1 Å². The molecule has 1 heterocycles. The first-order valence-electron chi connectivity index (χ1n) is 7.28. The van der Waals surface area contributed by atoms with E-state index in [1.807, 2.05) is 0 Å². The third-order valence-corrected chi connectivity index (χ3v) is 3.80. The third-order valence-electron chi connectivity index (χ3n) is 3.80. The zero-order chi connectivity index (χ0) is 17.9. The predicted octanol–water partition coefficient (Wildman–Crippen LogP) is -1.27. The molecule has 0 saturated carbocycles. The first kappa shape index (κ1) is 18.7. The summed E-state index contributed by atoms with van der Waals surface area (Å²) in [6.45, 7) is -0.596. The lowest BCUT2D eigenvalue weighted by atomic mass is 9.99. The van der Waals surface area contributed by atoms with E-state index in [9.17, 15) is 20.4 Å². The molecule has 5 N–H and O–H groups in total. The van der Waals surface area contributed by atoms with Gasteiger partial charge in [0.25, 0.3) is 0 Å². The molecular weight excluding hydrogens is 324 g/mol. The second-order valence-electron chi connectivity index (χ2n) is 5.36. The lowest BCUT2D eigenvalue weighted by Crippen LogP contribution is -2.59. The van der Waals surface area contributed by atoms with E-state index in [-0.39, 0.29) is 23.9 Å². The number of rotatable bonds is 6. The number of phenolic OH excluding ortho intramolecular Hbond substituents is 1. The highest BCUT2D eigenvalue weighted by molar-refractivity contribution is 5.52. The van der Waals surface area contributed by atoms with E-state index < -0.39 is 37.3 Å². The lowest BCUT2D eigenvalue weighted by Gasteiger charge is -2.39. The molecule has 9 heteroatoms. The molecule has 1 aromatic rings. The van der Waals surface area contributed by atoms with Crippen molar-refractivity contribution in [3.8, 4) is 17.2 Å². The summed E-state index contributed by atoms with van der Waals surface area (Å²) in [4.78, 5) is 0. The van der Waals surface area contributed by atoms with Crippen molar-refractivity contribution in [1.82, 2.24) is 0 Å². The smallest absolute Gasteiger partial charge is 0.200 e. The van der Waals surface area contributed by atoms with E-state index in [2.05, 4.69) is 0 Å². The van der Waals surface area contributed by atoms with Crippen molar-refractivity contribution in [2.24, 2.45) is 0 Å². The molecule has 0 radical (unpaired) electrons. The Hall–Kier alpha value is -1.62. The molecular formula is C15H22O9. The molecule has 0 aromatic heterocycles. The van der Waals surface area contributed by atoms with Crippen LogP contribution in [0, 0.1) is 0 Å². The average molecular weight is 346 g/mol. The van der Waals surface area contributed by atoms with Gasteiger partial charge in [0, 0.05) is 0 Å².